The van der Waals surface area contributed by atoms with Gasteiger partial charge >= 0.3 is 12.3 Å². The number of alkyl halides is 3. The quantitative estimate of drug-likeness (QED) is 0.853. The van der Waals surface area contributed by atoms with Crippen LogP contribution in [0.2, 0.25) is 0 Å². The molecule has 7 heteroatoms. The minimum absolute atomic E-state index is 0.0350. The Morgan fingerprint density at radius 2 is 2.05 bits per heavy atom. The maximum atomic E-state index is 13.0. The van der Waals surface area contributed by atoms with Gasteiger partial charge in [0.15, 0.2) is 0 Å². The minimum atomic E-state index is -4.53. The molecule has 0 radical (unpaired) electrons. The first-order valence-electron chi connectivity index (χ1n) is 6.16. The highest BCUT2D eigenvalue weighted by atomic mass is 19.4. The summed E-state index contributed by atoms with van der Waals surface area (Å²) in [6.07, 6.45) is -3.52. The highest BCUT2D eigenvalue weighted by Gasteiger charge is 2.34. The summed E-state index contributed by atoms with van der Waals surface area (Å²) in [6, 6.07) is 3.19. The zero-order valence-corrected chi connectivity index (χ0v) is 10.9. The Morgan fingerprint density at radius 3 is 2.52 bits per heavy atom. The lowest BCUT2D eigenvalue weighted by Gasteiger charge is -2.25. The molecule has 1 N–H and O–H groups in total. The SMILES string of the molecule is O=Cc1ccc(C(F)(F)F)c(C2=CCN(C(=O)O)CC2)c1. The number of carbonyl (C=O) groups is 2. The third-order valence-electron chi connectivity index (χ3n) is 3.31. The maximum Gasteiger partial charge on any atom is 0.416 e. The van der Waals surface area contributed by atoms with Crippen molar-refractivity contribution in [1.82, 2.24) is 4.90 Å². The number of benzene rings is 1. The van der Waals surface area contributed by atoms with Crippen LogP contribution < -0.4 is 0 Å². The van der Waals surface area contributed by atoms with Crippen molar-refractivity contribution in [3.63, 3.8) is 0 Å². The normalized spacial score (nSPS) is 15.6. The van der Waals surface area contributed by atoms with Crippen LogP contribution in [0.25, 0.3) is 5.57 Å². The standard InChI is InChI=1S/C14H12F3NO3/c15-14(16,17)12-2-1-9(8-19)7-11(12)10-3-5-18(6-4-10)13(20)21/h1-3,7-8H,4-6H2,(H,20,21). The second-order valence-electron chi connectivity index (χ2n) is 4.63. The summed E-state index contributed by atoms with van der Waals surface area (Å²) >= 11 is 0. The number of hydrogen-bond acceptors (Lipinski definition) is 2. The van der Waals surface area contributed by atoms with E-state index in [0.29, 0.717) is 11.9 Å². The molecule has 0 saturated carbocycles. The van der Waals surface area contributed by atoms with Crippen LogP contribution in [0.3, 0.4) is 0 Å². The van der Waals surface area contributed by atoms with E-state index in [0.717, 1.165) is 17.0 Å². The molecular weight excluding hydrogens is 287 g/mol. The molecule has 112 valence electrons. The van der Waals surface area contributed by atoms with Crippen molar-refractivity contribution in [2.24, 2.45) is 0 Å². The minimum Gasteiger partial charge on any atom is -0.465 e. The van der Waals surface area contributed by atoms with E-state index in [1.54, 1.807) is 0 Å². The number of halogens is 3. The molecule has 21 heavy (non-hydrogen) atoms. The lowest BCUT2D eigenvalue weighted by Crippen LogP contribution is -2.33. The van der Waals surface area contributed by atoms with Gasteiger partial charge in [-0.15, -0.1) is 0 Å². The summed E-state index contributed by atoms with van der Waals surface area (Å²) in [7, 11) is 0. The number of hydrogen-bond donors (Lipinski definition) is 1. The number of carboxylic acid groups (broad SMARTS) is 1. The van der Waals surface area contributed by atoms with Crippen LogP contribution in [0.4, 0.5) is 18.0 Å². The third-order valence-corrected chi connectivity index (χ3v) is 3.31. The molecule has 2 rings (SSSR count). The van der Waals surface area contributed by atoms with Gasteiger partial charge in [0, 0.05) is 18.7 Å². The number of rotatable bonds is 2. The molecule has 0 saturated heterocycles. The average molecular weight is 299 g/mol. The molecule has 1 heterocycles. The maximum absolute atomic E-state index is 13.0. The van der Waals surface area contributed by atoms with E-state index in [-0.39, 0.29) is 30.6 Å². The predicted molar refractivity (Wildman–Crippen MR) is 69.0 cm³/mol. The Morgan fingerprint density at radius 1 is 1.33 bits per heavy atom. The molecular formula is C14H12F3NO3. The number of amides is 1. The summed E-state index contributed by atoms with van der Waals surface area (Å²) < 4.78 is 39.1. The lowest BCUT2D eigenvalue weighted by molar-refractivity contribution is -0.137. The monoisotopic (exact) mass is 299 g/mol. The molecule has 0 unspecified atom stereocenters. The Balaban J connectivity index is 2.43. The molecule has 4 nitrogen and oxygen atoms in total. The van der Waals surface area contributed by atoms with E-state index in [1.807, 2.05) is 0 Å². The predicted octanol–water partition coefficient (Wildman–Crippen LogP) is 3.29. The van der Waals surface area contributed by atoms with Crippen molar-refractivity contribution in [2.75, 3.05) is 13.1 Å². The van der Waals surface area contributed by atoms with Gasteiger partial charge in [-0.3, -0.25) is 4.79 Å². The second kappa shape index (κ2) is 5.59. The van der Waals surface area contributed by atoms with Gasteiger partial charge in [0.2, 0.25) is 0 Å². The van der Waals surface area contributed by atoms with Gasteiger partial charge in [0.05, 0.1) is 5.56 Å². The zero-order valence-electron chi connectivity index (χ0n) is 10.9. The van der Waals surface area contributed by atoms with Crippen LogP contribution in [0, 0.1) is 0 Å². The van der Waals surface area contributed by atoms with Gasteiger partial charge < -0.3 is 10.0 Å². The topological polar surface area (TPSA) is 57.6 Å². The Labute approximate surface area is 118 Å². The molecule has 0 aromatic heterocycles. The average Bonchev–Trinajstić information content (AvgIpc) is 2.45. The van der Waals surface area contributed by atoms with Crippen LogP contribution in [-0.2, 0) is 6.18 Å². The summed E-state index contributed by atoms with van der Waals surface area (Å²) in [5.41, 5.74) is -0.316. The Hall–Kier alpha value is -2.31. The second-order valence-corrected chi connectivity index (χ2v) is 4.63. The highest BCUT2D eigenvalue weighted by Crippen LogP contribution is 2.37. The fourth-order valence-electron chi connectivity index (χ4n) is 2.24. The number of carbonyl (C=O) groups excluding carboxylic acids is 1. The number of aldehydes is 1. The zero-order chi connectivity index (χ0) is 15.6. The molecule has 1 aliphatic heterocycles. The summed E-state index contributed by atoms with van der Waals surface area (Å²) in [4.78, 5) is 22.7. The highest BCUT2D eigenvalue weighted by molar-refractivity contribution is 5.80. The molecule has 1 aliphatic rings. The van der Waals surface area contributed by atoms with Crippen molar-refractivity contribution in [2.45, 2.75) is 12.6 Å². The molecule has 0 spiro atoms. The number of nitrogens with zero attached hydrogens (tertiary/aromatic N) is 1. The van der Waals surface area contributed by atoms with Crippen molar-refractivity contribution in [1.29, 1.82) is 0 Å². The molecule has 1 aromatic rings. The van der Waals surface area contributed by atoms with Gasteiger partial charge in [0.25, 0.3) is 0 Å². The van der Waals surface area contributed by atoms with Gasteiger partial charge in [0.1, 0.15) is 6.29 Å². The van der Waals surface area contributed by atoms with Crippen LogP contribution in [0.15, 0.2) is 24.3 Å². The molecule has 0 aliphatic carbocycles. The van der Waals surface area contributed by atoms with Gasteiger partial charge in [-0.05, 0) is 29.7 Å². The summed E-state index contributed by atoms with van der Waals surface area (Å²) in [5, 5.41) is 8.83. The Kier molecular flexibility index (Phi) is 4.02. The Bertz CT molecular complexity index is 608. The summed E-state index contributed by atoms with van der Waals surface area (Å²) in [6.45, 7) is 0.164. The van der Waals surface area contributed by atoms with E-state index in [1.165, 1.54) is 12.1 Å². The van der Waals surface area contributed by atoms with Gasteiger partial charge in [-0.25, -0.2) is 4.79 Å². The first-order chi connectivity index (χ1) is 9.82. The van der Waals surface area contributed by atoms with Gasteiger partial charge in [-0.2, -0.15) is 13.2 Å². The van der Waals surface area contributed by atoms with E-state index >= 15 is 0 Å². The van der Waals surface area contributed by atoms with E-state index < -0.39 is 17.8 Å². The van der Waals surface area contributed by atoms with Crippen molar-refractivity contribution < 1.29 is 27.9 Å². The smallest absolute Gasteiger partial charge is 0.416 e. The fraction of sp³-hybridized carbons (Fsp3) is 0.286. The van der Waals surface area contributed by atoms with E-state index in [9.17, 15) is 22.8 Å². The van der Waals surface area contributed by atoms with Crippen molar-refractivity contribution in [3.05, 3.63) is 41.0 Å². The molecule has 1 amide bonds. The van der Waals surface area contributed by atoms with Gasteiger partial charge in [-0.1, -0.05) is 12.1 Å². The van der Waals surface area contributed by atoms with Crippen LogP contribution >= 0.6 is 0 Å². The molecule has 0 atom stereocenters. The third kappa shape index (κ3) is 3.24. The van der Waals surface area contributed by atoms with E-state index in [4.69, 9.17) is 5.11 Å². The lowest BCUT2D eigenvalue weighted by atomic mass is 9.93. The first kappa shape index (κ1) is 15.1. The largest absolute Gasteiger partial charge is 0.465 e. The first-order valence-corrected chi connectivity index (χ1v) is 6.16. The molecule has 0 bridgehead atoms. The van der Waals surface area contributed by atoms with Crippen molar-refractivity contribution >= 4 is 18.0 Å². The van der Waals surface area contributed by atoms with Crippen LogP contribution in [-0.4, -0.2) is 35.5 Å². The van der Waals surface area contributed by atoms with Crippen LogP contribution in [0.1, 0.15) is 27.9 Å². The van der Waals surface area contributed by atoms with E-state index in [2.05, 4.69) is 0 Å². The van der Waals surface area contributed by atoms with Crippen LogP contribution in [0.5, 0.6) is 0 Å². The summed E-state index contributed by atoms with van der Waals surface area (Å²) in [5.74, 6) is 0. The van der Waals surface area contributed by atoms with Crippen molar-refractivity contribution in [3.8, 4) is 0 Å². The molecule has 0 fully saturated rings. The fourth-order valence-corrected chi connectivity index (χ4v) is 2.24. The molecule has 1 aromatic carbocycles.